The quantitative estimate of drug-likeness (QED) is 0.587. The lowest BCUT2D eigenvalue weighted by Gasteiger charge is -2.35. The Morgan fingerprint density at radius 3 is 2.66 bits per heavy atom. The fourth-order valence-electron chi connectivity index (χ4n) is 3.73. The third kappa shape index (κ3) is 4.44. The maximum Gasteiger partial charge on any atom is 0.268 e. The molecule has 0 aliphatic carbocycles. The highest BCUT2D eigenvalue weighted by atomic mass is 32.2. The van der Waals surface area contributed by atoms with Gasteiger partial charge in [-0.15, -0.1) is 0 Å². The minimum absolute atomic E-state index is 0.0877. The van der Waals surface area contributed by atoms with E-state index in [1.54, 1.807) is 43.3 Å². The molecule has 8 heteroatoms. The van der Waals surface area contributed by atoms with Gasteiger partial charge < -0.3 is 20.3 Å². The van der Waals surface area contributed by atoms with Crippen LogP contribution in [0.5, 0.6) is 0 Å². The molecule has 0 radical (unpaired) electrons. The first-order valence-electron chi connectivity index (χ1n) is 10.4. The molecule has 7 nitrogen and oxygen atoms in total. The Balaban J connectivity index is 1.57. The van der Waals surface area contributed by atoms with Crippen LogP contribution in [0.4, 0.5) is 0 Å². The summed E-state index contributed by atoms with van der Waals surface area (Å²) in [5.41, 5.74) is 8.04. The van der Waals surface area contributed by atoms with E-state index < -0.39 is 34.6 Å². The molecular weight excluding hydrogens is 428 g/mol. The van der Waals surface area contributed by atoms with Gasteiger partial charge in [0.15, 0.2) is 6.29 Å². The number of aryl methyl sites for hydroxylation is 1. The Hall–Kier alpha value is -2.67. The maximum atomic E-state index is 13.2. The van der Waals surface area contributed by atoms with E-state index in [1.807, 2.05) is 19.1 Å². The number of ether oxygens (including phenoxy) is 2. The fraction of sp³-hybridized carbons (Fsp3) is 0.333. The van der Waals surface area contributed by atoms with Crippen molar-refractivity contribution in [1.29, 1.82) is 0 Å². The van der Waals surface area contributed by atoms with Crippen molar-refractivity contribution in [1.82, 2.24) is 3.97 Å². The van der Waals surface area contributed by atoms with E-state index in [0.29, 0.717) is 17.5 Å². The zero-order valence-corrected chi connectivity index (χ0v) is 18.7. The fourth-order valence-corrected chi connectivity index (χ4v) is 5.10. The van der Waals surface area contributed by atoms with E-state index in [1.165, 1.54) is 10.2 Å². The number of nitrogens with zero attached hydrogens (tertiary/aromatic N) is 1. The van der Waals surface area contributed by atoms with Crippen molar-refractivity contribution < 1.29 is 23.0 Å². The molecule has 0 bridgehead atoms. The smallest absolute Gasteiger partial charge is 0.268 e. The van der Waals surface area contributed by atoms with E-state index in [9.17, 15) is 13.5 Å². The molecule has 0 saturated carbocycles. The molecule has 3 aromatic rings. The van der Waals surface area contributed by atoms with Gasteiger partial charge in [0.25, 0.3) is 10.0 Å². The molecule has 2 aromatic carbocycles. The number of aliphatic hydroxyl groups is 1. The van der Waals surface area contributed by atoms with Crippen molar-refractivity contribution in [3.05, 3.63) is 65.9 Å². The van der Waals surface area contributed by atoms with Crippen LogP contribution in [0.2, 0.25) is 0 Å². The number of benzene rings is 2. The highest BCUT2D eigenvalue weighted by molar-refractivity contribution is 7.90. The van der Waals surface area contributed by atoms with Gasteiger partial charge in [-0.3, -0.25) is 0 Å². The molecule has 2 heterocycles. The summed E-state index contributed by atoms with van der Waals surface area (Å²) in [6.07, 6.45) is 0.240. The van der Waals surface area contributed by atoms with Gasteiger partial charge in [0.1, 0.15) is 6.61 Å². The van der Waals surface area contributed by atoms with Crippen LogP contribution in [0.15, 0.2) is 59.6 Å². The zero-order chi connectivity index (χ0) is 22.9. The standard InChI is InChI=1S/C24H26N2O5S/c1-16-9-11-19(12-10-16)32(28,29)26-15-18(20-7-3-4-8-22(20)26)6-5-13-30-23-14-21(25)24(27)17(2)31-23/h3-4,7-12,15,17,21,23-24,27H,13-14,25H2,1-2H3/t17-,21-,23+,24+/m0/s1. The largest absolute Gasteiger partial charge is 0.389 e. The molecule has 4 atom stereocenters. The van der Waals surface area contributed by atoms with Crippen LogP contribution >= 0.6 is 0 Å². The average Bonchev–Trinajstić information content (AvgIpc) is 3.15. The highest BCUT2D eigenvalue weighted by Gasteiger charge is 2.33. The molecule has 1 aliphatic rings. The Kier molecular flexibility index (Phi) is 6.38. The topological polar surface area (TPSA) is 104 Å². The molecule has 1 aromatic heterocycles. The number of hydrogen-bond acceptors (Lipinski definition) is 6. The number of rotatable bonds is 4. The van der Waals surface area contributed by atoms with Crippen molar-refractivity contribution in [2.45, 2.75) is 49.7 Å². The number of nitrogens with two attached hydrogens (primary N) is 1. The van der Waals surface area contributed by atoms with E-state index in [-0.39, 0.29) is 11.5 Å². The lowest BCUT2D eigenvalue weighted by Crippen LogP contribution is -2.51. The second kappa shape index (κ2) is 9.06. The van der Waals surface area contributed by atoms with E-state index in [0.717, 1.165) is 10.9 Å². The van der Waals surface area contributed by atoms with Gasteiger partial charge in [0, 0.05) is 24.0 Å². The lowest BCUT2D eigenvalue weighted by atomic mass is 10.0. The Bertz CT molecular complexity index is 1260. The normalized spacial score (nSPS) is 23.6. The molecule has 4 rings (SSSR count). The number of hydrogen-bond donors (Lipinski definition) is 2. The van der Waals surface area contributed by atoms with Crippen LogP contribution in [0.3, 0.4) is 0 Å². The van der Waals surface area contributed by atoms with Crippen molar-refractivity contribution >= 4 is 20.9 Å². The summed E-state index contributed by atoms with van der Waals surface area (Å²) in [6, 6.07) is 13.6. The van der Waals surface area contributed by atoms with Crippen LogP contribution in [0, 0.1) is 18.8 Å². The molecular formula is C24H26N2O5S. The monoisotopic (exact) mass is 454 g/mol. The summed E-state index contributed by atoms with van der Waals surface area (Å²) >= 11 is 0. The molecule has 0 unspecified atom stereocenters. The number of fused-ring (bicyclic) bond motifs is 1. The molecule has 0 spiro atoms. The van der Waals surface area contributed by atoms with Gasteiger partial charge in [-0.25, -0.2) is 12.4 Å². The molecule has 168 valence electrons. The Labute approximate surface area is 187 Å². The van der Waals surface area contributed by atoms with Crippen molar-refractivity contribution in [2.75, 3.05) is 6.61 Å². The summed E-state index contributed by atoms with van der Waals surface area (Å²) < 4.78 is 39.0. The van der Waals surface area contributed by atoms with Crippen LogP contribution in [0.25, 0.3) is 10.9 Å². The Morgan fingerprint density at radius 2 is 1.94 bits per heavy atom. The van der Waals surface area contributed by atoms with Gasteiger partial charge in [-0.05, 0) is 32.0 Å². The first kappa shape index (κ1) is 22.5. The minimum atomic E-state index is -3.77. The van der Waals surface area contributed by atoms with Crippen molar-refractivity contribution in [2.24, 2.45) is 5.73 Å². The van der Waals surface area contributed by atoms with Gasteiger partial charge >= 0.3 is 0 Å². The predicted molar refractivity (Wildman–Crippen MR) is 121 cm³/mol. The zero-order valence-electron chi connectivity index (χ0n) is 17.9. The number of aromatic nitrogens is 1. The third-order valence-corrected chi connectivity index (χ3v) is 7.26. The number of aliphatic hydroxyl groups excluding tert-OH is 1. The molecule has 0 amide bonds. The summed E-state index contributed by atoms with van der Waals surface area (Å²) in [4.78, 5) is 0.216. The molecule has 1 fully saturated rings. The molecule has 3 N–H and O–H groups in total. The van der Waals surface area contributed by atoms with Crippen molar-refractivity contribution in [3.8, 4) is 11.8 Å². The molecule has 1 saturated heterocycles. The van der Waals surface area contributed by atoms with E-state index >= 15 is 0 Å². The number of para-hydroxylation sites is 1. The third-order valence-electron chi connectivity index (χ3n) is 5.57. The van der Waals surface area contributed by atoms with Gasteiger partial charge in [0.2, 0.25) is 0 Å². The minimum Gasteiger partial charge on any atom is -0.389 e. The van der Waals surface area contributed by atoms with E-state index in [2.05, 4.69) is 11.8 Å². The predicted octanol–water partition coefficient (Wildman–Crippen LogP) is 2.38. The molecule has 32 heavy (non-hydrogen) atoms. The van der Waals surface area contributed by atoms with Crippen LogP contribution in [-0.4, -0.2) is 48.6 Å². The summed E-state index contributed by atoms with van der Waals surface area (Å²) in [5, 5.41) is 10.6. The SMILES string of the molecule is Cc1ccc(S(=O)(=O)n2cc(C#CCO[C@H]3C[C@H](N)[C@H](O)[C@H](C)O3)c3ccccc32)cc1. The maximum absolute atomic E-state index is 13.2. The van der Waals surface area contributed by atoms with Crippen molar-refractivity contribution in [3.63, 3.8) is 0 Å². The first-order chi connectivity index (χ1) is 15.3. The Morgan fingerprint density at radius 1 is 1.22 bits per heavy atom. The highest BCUT2D eigenvalue weighted by Crippen LogP contribution is 2.26. The van der Waals surface area contributed by atoms with E-state index in [4.69, 9.17) is 15.2 Å². The lowest BCUT2D eigenvalue weighted by molar-refractivity contribution is -0.217. The van der Waals surface area contributed by atoms with Gasteiger partial charge in [0.05, 0.1) is 28.2 Å². The second-order valence-electron chi connectivity index (χ2n) is 7.95. The second-order valence-corrected chi connectivity index (χ2v) is 9.76. The first-order valence-corrected chi connectivity index (χ1v) is 11.8. The van der Waals surface area contributed by atoms with Gasteiger partial charge in [-0.1, -0.05) is 47.7 Å². The van der Waals surface area contributed by atoms with Crippen LogP contribution < -0.4 is 5.73 Å². The summed E-state index contributed by atoms with van der Waals surface area (Å²) in [7, 11) is -3.77. The van der Waals surface area contributed by atoms with Crippen LogP contribution in [-0.2, 0) is 19.5 Å². The average molecular weight is 455 g/mol. The van der Waals surface area contributed by atoms with Gasteiger partial charge in [-0.2, -0.15) is 0 Å². The summed E-state index contributed by atoms with van der Waals surface area (Å²) in [6.45, 7) is 3.74. The van der Waals surface area contributed by atoms with Crippen LogP contribution in [0.1, 0.15) is 24.5 Å². The molecule has 1 aliphatic heterocycles. The summed E-state index contributed by atoms with van der Waals surface area (Å²) in [5.74, 6) is 5.95.